The van der Waals surface area contributed by atoms with Crippen molar-refractivity contribution >= 4 is 5.91 Å². The number of fused-ring (bicyclic) bond motifs is 1. The van der Waals surface area contributed by atoms with Crippen molar-refractivity contribution in [2.24, 2.45) is 5.92 Å². The molecule has 0 aliphatic carbocycles. The summed E-state index contributed by atoms with van der Waals surface area (Å²) >= 11 is 0. The highest BCUT2D eigenvalue weighted by molar-refractivity contribution is 5.79. The lowest BCUT2D eigenvalue weighted by molar-refractivity contribution is -0.133. The Balaban J connectivity index is 1.64. The molecule has 0 bridgehead atoms. The summed E-state index contributed by atoms with van der Waals surface area (Å²) in [5, 5.41) is 0. The predicted octanol–water partition coefficient (Wildman–Crippen LogP) is 3.74. The van der Waals surface area contributed by atoms with E-state index in [1.165, 1.54) is 45.2 Å². The summed E-state index contributed by atoms with van der Waals surface area (Å²) in [6.07, 6.45) is 7.01. The van der Waals surface area contributed by atoms with Gasteiger partial charge in [0, 0.05) is 18.6 Å². The molecule has 144 valence electrons. The van der Waals surface area contributed by atoms with E-state index in [2.05, 4.69) is 23.6 Å². The van der Waals surface area contributed by atoms with E-state index in [-0.39, 0.29) is 11.9 Å². The standard InChI is InChI=1S/C22H34N2O2/c1-17(2)24(22(25)15-18-9-11-20(26-3)12-10-18)16-19-7-6-14-23-13-5-4-8-21(19)23/h9-12,17,19,21H,4-8,13-16H2,1-3H3/t19-,21-/m1/s1. The average Bonchev–Trinajstić information content (AvgIpc) is 2.66. The lowest BCUT2D eigenvalue weighted by Gasteiger charge is -2.46. The largest absolute Gasteiger partial charge is 0.497 e. The molecule has 0 aromatic heterocycles. The molecular weight excluding hydrogens is 324 g/mol. The summed E-state index contributed by atoms with van der Waals surface area (Å²) in [4.78, 5) is 17.8. The molecule has 2 aliphatic rings. The number of ether oxygens (including phenoxy) is 1. The maximum atomic E-state index is 13.0. The third kappa shape index (κ3) is 4.59. The fourth-order valence-electron chi connectivity index (χ4n) is 4.66. The molecule has 2 aliphatic heterocycles. The minimum Gasteiger partial charge on any atom is -0.497 e. The quantitative estimate of drug-likeness (QED) is 0.777. The number of carbonyl (C=O) groups excluding carboxylic acids is 1. The SMILES string of the molecule is COc1ccc(CC(=O)N(C[C@H]2CCCN3CCCC[C@H]23)C(C)C)cc1. The van der Waals surface area contributed by atoms with Crippen molar-refractivity contribution in [1.29, 1.82) is 0 Å². The van der Waals surface area contributed by atoms with Crippen molar-refractivity contribution in [3.05, 3.63) is 29.8 Å². The maximum absolute atomic E-state index is 13.0. The number of methoxy groups -OCH3 is 1. The number of piperidine rings is 2. The van der Waals surface area contributed by atoms with E-state index in [9.17, 15) is 4.79 Å². The minimum atomic E-state index is 0.248. The summed E-state index contributed by atoms with van der Waals surface area (Å²) < 4.78 is 5.21. The highest BCUT2D eigenvalue weighted by atomic mass is 16.5. The van der Waals surface area contributed by atoms with Crippen LogP contribution in [0.3, 0.4) is 0 Å². The summed E-state index contributed by atoms with van der Waals surface area (Å²) in [5.41, 5.74) is 1.06. The van der Waals surface area contributed by atoms with Crippen LogP contribution < -0.4 is 4.74 Å². The number of hydrogen-bond donors (Lipinski definition) is 0. The Morgan fingerprint density at radius 2 is 1.88 bits per heavy atom. The molecule has 2 heterocycles. The van der Waals surface area contributed by atoms with Gasteiger partial charge in [0.1, 0.15) is 5.75 Å². The molecule has 0 spiro atoms. The Kier molecular flexibility index (Phi) is 6.58. The molecule has 2 atom stereocenters. The molecule has 0 N–H and O–H groups in total. The van der Waals surface area contributed by atoms with Gasteiger partial charge in [-0.3, -0.25) is 4.79 Å². The molecule has 3 rings (SSSR count). The van der Waals surface area contributed by atoms with E-state index < -0.39 is 0 Å². The third-order valence-corrected chi connectivity index (χ3v) is 6.12. The van der Waals surface area contributed by atoms with Gasteiger partial charge in [-0.15, -0.1) is 0 Å². The van der Waals surface area contributed by atoms with E-state index in [0.29, 0.717) is 18.4 Å². The van der Waals surface area contributed by atoms with Crippen molar-refractivity contribution in [2.75, 3.05) is 26.7 Å². The molecular formula is C22H34N2O2. The molecule has 2 saturated heterocycles. The molecule has 0 unspecified atom stereocenters. The van der Waals surface area contributed by atoms with Crippen molar-refractivity contribution in [2.45, 2.75) is 64.5 Å². The number of hydrogen-bond acceptors (Lipinski definition) is 3. The van der Waals surface area contributed by atoms with Gasteiger partial charge in [-0.2, -0.15) is 0 Å². The fourth-order valence-corrected chi connectivity index (χ4v) is 4.66. The van der Waals surface area contributed by atoms with E-state index in [1.807, 2.05) is 24.3 Å². The van der Waals surface area contributed by atoms with Crippen LogP contribution in [0.4, 0.5) is 0 Å². The average molecular weight is 359 g/mol. The first-order chi connectivity index (χ1) is 12.6. The van der Waals surface area contributed by atoms with Crippen molar-refractivity contribution < 1.29 is 9.53 Å². The number of benzene rings is 1. The predicted molar refractivity (Wildman–Crippen MR) is 105 cm³/mol. The first kappa shape index (κ1) is 19.2. The van der Waals surface area contributed by atoms with Gasteiger partial charge in [0.15, 0.2) is 0 Å². The number of amides is 1. The first-order valence-electron chi connectivity index (χ1n) is 10.2. The Labute approximate surface area is 158 Å². The van der Waals surface area contributed by atoms with Gasteiger partial charge >= 0.3 is 0 Å². The first-order valence-corrected chi connectivity index (χ1v) is 10.2. The zero-order valence-electron chi connectivity index (χ0n) is 16.6. The lowest BCUT2D eigenvalue weighted by Crippen LogP contribution is -2.52. The zero-order valence-corrected chi connectivity index (χ0v) is 16.6. The summed E-state index contributed by atoms with van der Waals surface area (Å²) in [5.74, 6) is 1.71. The fraction of sp³-hybridized carbons (Fsp3) is 0.682. The second kappa shape index (κ2) is 8.90. The normalized spacial score (nSPS) is 23.5. The summed E-state index contributed by atoms with van der Waals surface area (Å²) in [6.45, 7) is 7.71. The minimum absolute atomic E-state index is 0.248. The highest BCUT2D eigenvalue weighted by Crippen LogP contribution is 2.32. The molecule has 4 nitrogen and oxygen atoms in total. The van der Waals surface area contributed by atoms with Crippen LogP contribution in [0.25, 0.3) is 0 Å². The Morgan fingerprint density at radius 3 is 2.58 bits per heavy atom. The van der Waals surface area contributed by atoms with Crippen LogP contribution >= 0.6 is 0 Å². The van der Waals surface area contributed by atoms with E-state index in [0.717, 1.165) is 17.9 Å². The second-order valence-corrected chi connectivity index (χ2v) is 8.17. The van der Waals surface area contributed by atoms with Crippen LogP contribution in [0.2, 0.25) is 0 Å². The van der Waals surface area contributed by atoms with E-state index in [4.69, 9.17) is 4.74 Å². The zero-order chi connectivity index (χ0) is 18.5. The van der Waals surface area contributed by atoms with Crippen LogP contribution in [0, 0.1) is 5.92 Å². The van der Waals surface area contributed by atoms with Gasteiger partial charge in [-0.1, -0.05) is 18.6 Å². The van der Waals surface area contributed by atoms with Gasteiger partial charge in [-0.25, -0.2) is 0 Å². The smallest absolute Gasteiger partial charge is 0.227 e. The van der Waals surface area contributed by atoms with E-state index in [1.54, 1.807) is 7.11 Å². The van der Waals surface area contributed by atoms with Crippen LogP contribution in [0.5, 0.6) is 5.75 Å². The van der Waals surface area contributed by atoms with Gasteiger partial charge in [-0.05, 0) is 76.2 Å². The maximum Gasteiger partial charge on any atom is 0.227 e. The number of rotatable bonds is 6. The van der Waals surface area contributed by atoms with Crippen molar-refractivity contribution in [3.8, 4) is 5.75 Å². The van der Waals surface area contributed by atoms with Gasteiger partial charge < -0.3 is 14.5 Å². The van der Waals surface area contributed by atoms with Gasteiger partial charge in [0.2, 0.25) is 5.91 Å². The third-order valence-electron chi connectivity index (χ3n) is 6.12. The van der Waals surface area contributed by atoms with Gasteiger partial charge in [0.25, 0.3) is 0 Å². The van der Waals surface area contributed by atoms with Gasteiger partial charge in [0.05, 0.1) is 13.5 Å². The van der Waals surface area contributed by atoms with Crippen LogP contribution in [-0.2, 0) is 11.2 Å². The number of nitrogens with zero attached hydrogens (tertiary/aromatic N) is 2. The Morgan fingerprint density at radius 1 is 1.15 bits per heavy atom. The number of carbonyl (C=O) groups is 1. The molecule has 4 heteroatoms. The van der Waals surface area contributed by atoms with Crippen LogP contribution in [0.15, 0.2) is 24.3 Å². The molecule has 1 amide bonds. The summed E-state index contributed by atoms with van der Waals surface area (Å²) in [6, 6.07) is 8.80. The van der Waals surface area contributed by atoms with Crippen LogP contribution in [0.1, 0.15) is 51.5 Å². The summed E-state index contributed by atoms with van der Waals surface area (Å²) in [7, 11) is 1.67. The van der Waals surface area contributed by atoms with Crippen molar-refractivity contribution in [3.63, 3.8) is 0 Å². The monoisotopic (exact) mass is 358 g/mol. The van der Waals surface area contributed by atoms with Crippen LogP contribution in [-0.4, -0.2) is 54.5 Å². The molecule has 2 fully saturated rings. The Hall–Kier alpha value is -1.55. The van der Waals surface area contributed by atoms with E-state index >= 15 is 0 Å². The molecule has 1 aromatic rings. The molecule has 1 aromatic carbocycles. The second-order valence-electron chi connectivity index (χ2n) is 8.17. The Bertz CT molecular complexity index is 582. The van der Waals surface area contributed by atoms with Crippen molar-refractivity contribution in [1.82, 2.24) is 9.80 Å². The molecule has 0 saturated carbocycles. The lowest BCUT2D eigenvalue weighted by atomic mass is 9.83. The topological polar surface area (TPSA) is 32.8 Å². The molecule has 0 radical (unpaired) electrons. The molecule has 26 heavy (non-hydrogen) atoms. The highest BCUT2D eigenvalue weighted by Gasteiger charge is 2.35.